The smallest absolute Gasteiger partial charge is 0.306 e. The number of ether oxygens (including phenoxy) is 1. The molecule has 6 heteroatoms. The Morgan fingerprint density at radius 3 is 1.36 bits per heavy atom. The Labute approximate surface area is 347 Å². The number of amides is 1. The molecule has 0 saturated carbocycles. The summed E-state index contributed by atoms with van der Waals surface area (Å²) in [6.45, 7) is 6.43. The fourth-order valence-corrected chi connectivity index (χ4v) is 7.31. The molecule has 0 aromatic carbocycles. The first-order valence-electron chi connectivity index (χ1n) is 24.2. The summed E-state index contributed by atoms with van der Waals surface area (Å²) in [4.78, 5) is 26.0. The summed E-state index contributed by atoms with van der Waals surface area (Å²) in [6.07, 6.45) is 50.6. The lowest BCUT2D eigenvalue weighted by molar-refractivity contribution is -0.151. The quantitative estimate of drug-likeness (QED) is 0.0325. The maximum atomic E-state index is 13.1. The molecule has 0 aliphatic carbocycles. The highest BCUT2D eigenvalue weighted by Crippen LogP contribution is 2.18. The minimum atomic E-state index is -0.786. The Morgan fingerprint density at radius 2 is 0.911 bits per heavy atom. The number of rotatable bonds is 43. The van der Waals surface area contributed by atoms with Gasteiger partial charge in [0.1, 0.15) is 6.10 Å². The van der Waals surface area contributed by atoms with Gasteiger partial charge in [0, 0.05) is 6.42 Å². The van der Waals surface area contributed by atoms with Gasteiger partial charge in [-0.3, -0.25) is 9.59 Å². The van der Waals surface area contributed by atoms with E-state index in [9.17, 15) is 19.8 Å². The molecule has 3 unspecified atom stereocenters. The molecule has 0 fully saturated rings. The number of carbonyl (C=O) groups is 2. The van der Waals surface area contributed by atoms with Crippen LogP contribution in [0.3, 0.4) is 0 Å². The van der Waals surface area contributed by atoms with Gasteiger partial charge in [0.15, 0.2) is 0 Å². The molecule has 0 rings (SSSR count). The molecule has 6 nitrogen and oxygen atoms in total. The minimum Gasteiger partial charge on any atom is -0.462 e. The van der Waals surface area contributed by atoms with Crippen LogP contribution in [0, 0.1) is 0 Å². The van der Waals surface area contributed by atoms with Gasteiger partial charge < -0.3 is 20.3 Å². The van der Waals surface area contributed by atoms with E-state index in [2.05, 4.69) is 62.5 Å². The van der Waals surface area contributed by atoms with Crippen molar-refractivity contribution in [3.63, 3.8) is 0 Å². The highest BCUT2D eigenvalue weighted by Gasteiger charge is 2.24. The fourth-order valence-electron chi connectivity index (χ4n) is 7.31. The molecule has 0 saturated heterocycles. The van der Waals surface area contributed by atoms with Crippen LogP contribution in [0.2, 0.25) is 0 Å². The molecule has 0 heterocycles. The standard InChI is InChI=1S/C50H93NO5/c1-4-7-10-13-16-19-21-22-23-24-25-26-27-28-31-34-37-40-43-50(55)56-46(41-38-35-32-30-20-17-14-11-8-5-2)44-49(54)51-47(45-52)48(53)42-39-36-33-29-18-15-12-9-6-3/h21-26,46-48,52-53H,4-20,27-45H2,1-3H3,(H,51,54)/b22-21+,24-23+,26-25+. The lowest BCUT2D eigenvalue weighted by Crippen LogP contribution is -2.46. The van der Waals surface area contributed by atoms with Crippen molar-refractivity contribution in [3.05, 3.63) is 36.5 Å². The van der Waals surface area contributed by atoms with Crippen LogP contribution < -0.4 is 5.32 Å². The molecule has 0 spiro atoms. The highest BCUT2D eigenvalue weighted by molar-refractivity contribution is 5.77. The number of esters is 1. The van der Waals surface area contributed by atoms with E-state index in [0.29, 0.717) is 19.3 Å². The van der Waals surface area contributed by atoms with Crippen molar-refractivity contribution in [2.75, 3.05) is 6.61 Å². The zero-order valence-corrected chi connectivity index (χ0v) is 37.3. The van der Waals surface area contributed by atoms with Crippen molar-refractivity contribution in [1.82, 2.24) is 5.32 Å². The van der Waals surface area contributed by atoms with E-state index in [-0.39, 0.29) is 24.9 Å². The van der Waals surface area contributed by atoms with Crippen molar-refractivity contribution in [2.24, 2.45) is 0 Å². The number of nitrogens with one attached hydrogen (secondary N) is 1. The van der Waals surface area contributed by atoms with Gasteiger partial charge in [-0.15, -0.1) is 0 Å². The van der Waals surface area contributed by atoms with Crippen molar-refractivity contribution in [3.8, 4) is 0 Å². The molecular formula is C50H93NO5. The van der Waals surface area contributed by atoms with E-state index in [4.69, 9.17) is 4.74 Å². The third kappa shape index (κ3) is 38.9. The molecular weight excluding hydrogens is 695 g/mol. The number of aliphatic hydroxyl groups is 2. The lowest BCUT2D eigenvalue weighted by Gasteiger charge is -2.24. The molecule has 0 aromatic rings. The molecule has 328 valence electrons. The van der Waals surface area contributed by atoms with Crippen LogP contribution in [0.1, 0.15) is 245 Å². The van der Waals surface area contributed by atoms with Gasteiger partial charge in [-0.1, -0.05) is 218 Å². The Morgan fingerprint density at radius 1 is 0.518 bits per heavy atom. The largest absolute Gasteiger partial charge is 0.462 e. The average Bonchev–Trinajstić information content (AvgIpc) is 3.19. The number of aliphatic hydroxyl groups excluding tert-OH is 2. The summed E-state index contributed by atoms with van der Waals surface area (Å²) in [5.74, 6) is -0.492. The normalized spacial score (nSPS) is 13.6. The third-order valence-corrected chi connectivity index (χ3v) is 11.0. The minimum absolute atomic E-state index is 0.0720. The summed E-state index contributed by atoms with van der Waals surface area (Å²) in [7, 11) is 0. The molecule has 0 bridgehead atoms. The first kappa shape index (κ1) is 54.1. The SMILES string of the molecule is CCCCCCC/C=C/C=C/C=C/CCCCCCCC(=O)OC(CCCCCCCCCCCC)CC(=O)NC(CO)C(O)CCCCCCCCCCC. The summed E-state index contributed by atoms with van der Waals surface area (Å²) < 4.78 is 5.90. The van der Waals surface area contributed by atoms with E-state index in [1.54, 1.807) is 0 Å². The van der Waals surface area contributed by atoms with Gasteiger partial charge >= 0.3 is 5.97 Å². The zero-order chi connectivity index (χ0) is 41.0. The zero-order valence-electron chi connectivity index (χ0n) is 37.3. The van der Waals surface area contributed by atoms with Crippen LogP contribution in [-0.2, 0) is 14.3 Å². The number of hydrogen-bond donors (Lipinski definition) is 3. The molecule has 0 aromatic heterocycles. The van der Waals surface area contributed by atoms with Crippen LogP contribution in [0.4, 0.5) is 0 Å². The predicted octanol–water partition coefficient (Wildman–Crippen LogP) is 14.1. The monoisotopic (exact) mass is 788 g/mol. The first-order valence-corrected chi connectivity index (χ1v) is 24.2. The van der Waals surface area contributed by atoms with Crippen LogP contribution in [0.15, 0.2) is 36.5 Å². The van der Waals surface area contributed by atoms with Crippen molar-refractivity contribution < 1.29 is 24.5 Å². The van der Waals surface area contributed by atoms with Crippen LogP contribution in [0.5, 0.6) is 0 Å². The molecule has 0 radical (unpaired) electrons. The summed E-state index contributed by atoms with van der Waals surface area (Å²) in [5.41, 5.74) is 0. The topological polar surface area (TPSA) is 95.9 Å². The second-order valence-corrected chi connectivity index (χ2v) is 16.6. The Balaban J connectivity index is 4.53. The number of hydrogen-bond acceptors (Lipinski definition) is 5. The molecule has 1 amide bonds. The van der Waals surface area contributed by atoms with Gasteiger partial charge in [0.05, 0.1) is 25.2 Å². The van der Waals surface area contributed by atoms with Gasteiger partial charge in [-0.2, -0.15) is 0 Å². The molecule has 56 heavy (non-hydrogen) atoms. The van der Waals surface area contributed by atoms with Crippen molar-refractivity contribution in [2.45, 2.75) is 264 Å². The predicted molar refractivity (Wildman–Crippen MR) is 241 cm³/mol. The fraction of sp³-hybridized carbons (Fsp3) is 0.840. The maximum Gasteiger partial charge on any atom is 0.306 e. The summed E-state index contributed by atoms with van der Waals surface area (Å²) in [6, 6.07) is -0.700. The van der Waals surface area contributed by atoms with Gasteiger partial charge in [-0.25, -0.2) is 0 Å². The van der Waals surface area contributed by atoms with Crippen LogP contribution in [0.25, 0.3) is 0 Å². The molecule has 0 aliphatic rings. The second-order valence-electron chi connectivity index (χ2n) is 16.6. The highest BCUT2D eigenvalue weighted by atomic mass is 16.5. The van der Waals surface area contributed by atoms with Gasteiger partial charge in [0.25, 0.3) is 0 Å². The van der Waals surface area contributed by atoms with E-state index in [1.807, 2.05) is 0 Å². The van der Waals surface area contributed by atoms with Gasteiger partial charge in [0.2, 0.25) is 5.91 Å². The Kier molecular flexibility index (Phi) is 42.7. The summed E-state index contributed by atoms with van der Waals surface area (Å²) >= 11 is 0. The van der Waals surface area contributed by atoms with Crippen molar-refractivity contribution in [1.29, 1.82) is 0 Å². The first-order chi connectivity index (χ1) is 27.5. The lowest BCUT2D eigenvalue weighted by atomic mass is 10.0. The Bertz CT molecular complexity index is 930. The number of unbranched alkanes of at least 4 members (excludes halogenated alkanes) is 27. The maximum absolute atomic E-state index is 13.1. The van der Waals surface area contributed by atoms with Gasteiger partial charge in [-0.05, 0) is 51.4 Å². The van der Waals surface area contributed by atoms with Crippen LogP contribution in [-0.4, -0.2) is 46.9 Å². The Hall–Kier alpha value is -1.92. The molecule has 0 aliphatic heterocycles. The van der Waals surface area contributed by atoms with E-state index in [1.165, 1.54) is 128 Å². The molecule has 3 atom stereocenters. The van der Waals surface area contributed by atoms with E-state index < -0.39 is 18.2 Å². The second kappa shape index (κ2) is 44.2. The third-order valence-electron chi connectivity index (χ3n) is 11.0. The number of carbonyl (C=O) groups excluding carboxylic acids is 2. The van der Waals surface area contributed by atoms with E-state index >= 15 is 0 Å². The van der Waals surface area contributed by atoms with Crippen LogP contribution >= 0.6 is 0 Å². The summed E-state index contributed by atoms with van der Waals surface area (Å²) in [5, 5.41) is 23.6. The van der Waals surface area contributed by atoms with Crippen molar-refractivity contribution >= 4 is 11.9 Å². The molecule has 3 N–H and O–H groups in total. The average molecular weight is 788 g/mol. The number of allylic oxidation sites excluding steroid dienone is 6. The van der Waals surface area contributed by atoms with E-state index in [0.717, 1.165) is 70.6 Å².